The molecule has 2 amide bonds. The van der Waals surface area contributed by atoms with Gasteiger partial charge < -0.3 is 21.1 Å². The summed E-state index contributed by atoms with van der Waals surface area (Å²) in [5, 5.41) is 5.50. The summed E-state index contributed by atoms with van der Waals surface area (Å²) in [6, 6.07) is 0. The third-order valence-electron chi connectivity index (χ3n) is 4.71. The highest BCUT2D eigenvalue weighted by molar-refractivity contribution is 5.85. The van der Waals surface area contributed by atoms with Crippen LogP contribution >= 0.6 is 12.4 Å². The van der Waals surface area contributed by atoms with Crippen LogP contribution in [0.1, 0.15) is 32.1 Å². The van der Waals surface area contributed by atoms with Gasteiger partial charge in [-0.15, -0.1) is 12.4 Å². The van der Waals surface area contributed by atoms with Gasteiger partial charge in [0.05, 0.1) is 26.3 Å². The molecular formula is C15H29ClN4O3. The third-order valence-corrected chi connectivity index (χ3v) is 4.71. The summed E-state index contributed by atoms with van der Waals surface area (Å²) in [6.45, 7) is 3.94. The first-order chi connectivity index (χ1) is 10.7. The zero-order valence-corrected chi connectivity index (χ0v) is 14.5. The number of nitrogens with one attached hydrogen (secondary N) is 2. The lowest BCUT2D eigenvalue weighted by atomic mass is 9.79. The highest BCUT2D eigenvalue weighted by Gasteiger charge is 2.38. The van der Waals surface area contributed by atoms with Gasteiger partial charge in [-0.25, -0.2) is 0 Å². The summed E-state index contributed by atoms with van der Waals surface area (Å²) >= 11 is 0. The Hall–Kier alpha value is -0.890. The Kier molecular flexibility index (Phi) is 8.83. The Labute approximate surface area is 144 Å². The van der Waals surface area contributed by atoms with Crippen LogP contribution in [-0.2, 0) is 14.3 Å². The number of morpholine rings is 1. The second-order valence-electron chi connectivity index (χ2n) is 6.14. The van der Waals surface area contributed by atoms with Crippen molar-refractivity contribution in [3.05, 3.63) is 0 Å². The predicted octanol–water partition coefficient (Wildman–Crippen LogP) is -0.366. The average Bonchev–Trinajstić information content (AvgIpc) is 2.59. The van der Waals surface area contributed by atoms with Crippen LogP contribution in [0, 0.1) is 0 Å². The molecule has 7 nitrogen and oxygen atoms in total. The van der Waals surface area contributed by atoms with Crippen molar-refractivity contribution in [2.45, 2.75) is 37.6 Å². The van der Waals surface area contributed by atoms with E-state index in [0.29, 0.717) is 6.54 Å². The zero-order chi connectivity index (χ0) is 15.8. The molecule has 0 atom stereocenters. The lowest BCUT2D eigenvalue weighted by molar-refractivity contribution is -0.126. The number of amides is 2. The van der Waals surface area contributed by atoms with E-state index in [4.69, 9.17) is 10.5 Å². The number of nitrogens with zero attached hydrogens (tertiary/aromatic N) is 1. The number of nitrogens with two attached hydrogens (primary N) is 1. The molecule has 0 radical (unpaired) electrons. The van der Waals surface area contributed by atoms with Crippen LogP contribution in [0.25, 0.3) is 0 Å². The second kappa shape index (κ2) is 10.1. The van der Waals surface area contributed by atoms with Gasteiger partial charge >= 0.3 is 0 Å². The van der Waals surface area contributed by atoms with E-state index in [2.05, 4.69) is 15.5 Å². The number of carbonyl (C=O) groups excluding carboxylic acids is 2. The predicted molar refractivity (Wildman–Crippen MR) is 90.5 cm³/mol. The molecular weight excluding hydrogens is 320 g/mol. The molecule has 0 aromatic rings. The minimum Gasteiger partial charge on any atom is -0.379 e. The first kappa shape index (κ1) is 20.2. The fourth-order valence-corrected chi connectivity index (χ4v) is 3.43. The monoisotopic (exact) mass is 348 g/mol. The summed E-state index contributed by atoms with van der Waals surface area (Å²) in [5.74, 6) is -0.462. The van der Waals surface area contributed by atoms with E-state index in [1.807, 2.05) is 0 Å². The molecule has 0 aromatic heterocycles. The third kappa shape index (κ3) is 5.91. The van der Waals surface area contributed by atoms with Crippen LogP contribution < -0.4 is 16.4 Å². The van der Waals surface area contributed by atoms with E-state index >= 15 is 0 Å². The van der Waals surface area contributed by atoms with Crippen LogP contribution in [0.3, 0.4) is 0 Å². The lowest BCUT2D eigenvalue weighted by Crippen LogP contribution is -2.60. The number of hydrogen-bond donors (Lipinski definition) is 3. The van der Waals surface area contributed by atoms with Gasteiger partial charge in [-0.3, -0.25) is 14.5 Å². The molecule has 1 heterocycles. The quantitative estimate of drug-likeness (QED) is 0.609. The number of ether oxygens (including phenoxy) is 1. The fraction of sp³-hybridized carbons (Fsp3) is 0.867. The fourth-order valence-electron chi connectivity index (χ4n) is 3.43. The molecule has 2 fully saturated rings. The van der Waals surface area contributed by atoms with Crippen molar-refractivity contribution in [2.75, 3.05) is 45.9 Å². The van der Waals surface area contributed by atoms with Gasteiger partial charge in [0, 0.05) is 25.2 Å². The van der Waals surface area contributed by atoms with E-state index in [1.165, 1.54) is 19.3 Å². The zero-order valence-electron chi connectivity index (χ0n) is 13.6. The van der Waals surface area contributed by atoms with Crippen molar-refractivity contribution < 1.29 is 14.3 Å². The normalized spacial score (nSPS) is 21.1. The van der Waals surface area contributed by atoms with Crippen molar-refractivity contribution >= 4 is 24.2 Å². The summed E-state index contributed by atoms with van der Waals surface area (Å²) in [7, 11) is 0. The van der Waals surface area contributed by atoms with Gasteiger partial charge in [0.1, 0.15) is 0 Å². The van der Waals surface area contributed by atoms with Crippen LogP contribution in [0.5, 0.6) is 0 Å². The Balaban J connectivity index is 0.00000264. The summed E-state index contributed by atoms with van der Waals surface area (Å²) in [5.41, 5.74) is 5.26. The number of rotatable bonds is 6. The molecule has 1 aliphatic carbocycles. The molecule has 0 spiro atoms. The van der Waals surface area contributed by atoms with Gasteiger partial charge in [-0.1, -0.05) is 19.3 Å². The Morgan fingerprint density at radius 2 is 1.70 bits per heavy atom. The van der Waals surface area contributed by atoms with E-state index < -0.39 is 0 Å². The molecule has 1 aliphatic heterocycles. The Bertz CT molecular complexity index is 383. The SMILES string of the molecule is Cl.NCC(=O)NCC(=O)NCC1(N2CCOCC2)CCCCC1. The van der Waals surface area contributed by atoms with Gasteiger partial charge in [-0.05, 0) is 12.8 Å². The van der Waals surface area contributed by atoms with Crippen LogP contribution in [0.15, 0.2) is 0 Å². The minimum absolute atomic E-state index is 0. The highest BCUT2D eigenvalue weighted by Crippen LogP contribution is 2.33. The highest BCUT2D eigenvalue weighted by atomic mass is 35.5. The van der Waals surface area contributed by atoms with Gasteiger partial charge in [0.2, 0.25) is 11.8 Å². The maximum absolute atomic E-state index is 11.9. The maximum atomic E-state index is 11.9. The molecule has 23 heavy (non-hydrogen) atoms. The van der Waals surface area contributed by atoms with Crippen molar-refractivity contribution in [2.24, 2.45) is 5.73 Å². The molecule has 2 aliphatic rings. The van der Waals surface area contributed by atoms with Gasteiger partial charge in [0.25, 0.3) is 0 Å². The van der Waals surface area contributed by atoms with E-state index in [0.717, 1.165) is 39.1 Å². The van der Waals surface area contributed by atoms with Crippen molar-refractivity contribution in [3.63, 3.8) is 0 Å². The number of carbonyl (C=O) groups is 2. The largest absolute Gasteiger partial charge is 0.379 e. The Morgan fingerprint density at radius 1 is 1.04 bits per heavy atom. The number of hydrogen-bond acceptors (Lipinski definition) is 5. The smallest absolute Gasteiger partial charge is 0.239 e. The van der Waals surface area contributed by atoms with E-state index in [1.54, 1.807) is 0 Å². The molecule has 8 heteroatoms. The average molecular weight is 349 g/mol. The molecule has 4 N–H and O–H groups in total. The summed E-state index contributed by atoms with van der Waals surface area (Å²) < 4.78 is 5.45. The molecule has 0 aromatic carbocycles. The summed E-state index contributed by atoms with van der Waals surface area (Å²) in [4.78, 5) is 25.5. The standard InChI is InChI=1S/C15H28N4O3.ClH/c16-10-13(20)17-11-14(21)18-12-15(4-2-1-3-5-15)19-6-8-22-9-7-19;/h1-12,16H2,(H,17,20)(H,18,21);1H. The molecule has 0 unspecified atom stereocenters. The molecule has 2 rings (SSSR count). The van der Waals surface area contributed by atoms with Crippen LogP contribution in [-0.4, -0.2) is 68.2 Å². The van der Waals surface area contributed by atoms with Crippen LogP contribution in [0.2, 0.25) is 0 Å². The lowest BCUT2D eigenvalue weighted by Gasteiger charge is -2.48. The van der Waals surface area contributed by atoms with Gasteiger partial charge in [-0.2, -0.15) is 0 Å². The van der Waals surface area contributed by atoms with E-state index in [-0.39, 0.29) is 42.8 Å². The maximum Gasteiger partial charge on any atom is 0.239 e. The van der Waals surface area contributed by atoms with Crippen LogP contribution in [0.4, 0.5) is 0 Å². The van der Waals surface area contributed by atoms with Crippen molar-refractivity contribution in [3.8, 4) is 0 Å². The Morgan fingerprint density at radius 3 is 2.30 bits per heavy atom. The molecule has 134 valence electrons. The van der Waals surface area contributed by atoms with Gasteiger partial charge in [0.15, 0.2) is 0 Å². The number of halogens is 1. The topological polar surface area (TPSA) is 96.7 Å². The first-order valence-corrected chi connectivity index (χ1v) is 8.22. The molecule has 1 saturated heterocycles. The minimum atomic E-state index is -0.310. The first-order valence-electron chi connectivity index (χ1n) is 8.22. The van der Waals surface area contributed by atoms with Crippen molar-refractivity contribution in [1.82, 2.24) is 15.5 Å². The molecule has 0 bridgehead atoms. The summed E-state index contributed by atoms with van der Waals surface area (Å²) in [6.07, 6.45) is 5.91. The molecule has 1 saturated carbocycles. The van der Waals surface area contributed by atoms with Crippen molar-refractivity contribution in [1.29, 1.82) is 0 Å². The van der Waals surface area contributed by atoms with E-state index in [9.17, 15) is 9.59 Å². The second-order valence-corrected chi connectivity index (χ2v) is 6.14.